The molecule has 1 unspecified atom stereocenters. The van der Waals surface area contributed by atoms with E-state index in [1.165, 1.54) is 29.2 Å². The van der Waals surface area contributed by atoms with Crippen molar-refractivity contribution in [3.63, 3.8) is 0 Å². The number of amides is 1. The highest BCUT2D eigenvalue weighted by atomic mass is 19.1. The first kappa shape index (κ1) is 19.7. The number of hydrogen-bond donors (Lipinski definition) is 1. The first-order valence-corrected chi connectivity index (χ1v) is 8.96. The summed E-state index contributed by atoms with van der Waals surface area (Å²) in [5, 5.41) is 10.8. The molecule has 0 aliphatic carbocycles. The zero-order valence-electron chi connectivity index (χ0n) is 15.6. The fraction of sp³-hybridized carbons (Fsp3) is 0.286. The van der Waals surface area contributed by atoms with E-state index in [4.69, 9.17) is 4.74 Å². The van der Waals surface area contributed by atoms with Crippen LogP contribution in [-0.4, -0.2) is 45.9 Å². The molecule has 1 fully saturated rings. The molecule has 146 valence electrons. The number of hydrogen-bond acceptors (Lipinski definition) is 5. The number of nitrogens with zero attached hydrogens (tertiary/aromatic N) is 2. The maximum absolute atomic E-state index is 13.2. The summed E-state index contributed by atoms with van der Waals surface area (Å²) in [7, 11) is 0. The summed E-state index contributed by atoms with van der Waals surface area (Å²) in [5.74, 6) is -2.32. The Labute approximate surface area is 162 Å². The van der Waals surface area contributed by atoms with E-state index >= 15 is 0 Å². The number of benzene rings is 1. The van der Waals surface area contributed by atoms with Gasteiger partial charge in [-0.1, -0.05) is 6.07 Å². The van der Waals surface area contributed by atoms with Crippen LogP contribution >= 0.6 is 0 Å². The smallest absolute Gasteiger partial charge is 0.295 e. The van der Waals surface area contributed by atoms with Gasteiger partial charge in [-0.25, -0.2) is 4.39 Å². The number of rotatable bonds is 6. The normalized spacial score (nSPS) is 18.9. The lowest BCUT2D eigenvalue weighted by atomic mass is 9.96. The largest absolute Gasteiger partial charge is 0.507 e. The first-order valence-electron chi connectivity index (χ1n) is 8.96. The van der Waals surface area contributed by atoms with E-state index in [1.54, 1.807) is 24.5 Å². The molecular formula is C21H21FN2O4. The second-order valence-corrected chi connectivity index (χ2v) is 6.71. The van der Waals surface area contributed by atoms with Gasteiger partial charge in [-0.3, -0.25) is 14.6 Å². The molecule has 7 heteroatoms. The minimum atomic E-state index is -0.797. The van der Waals surface area contributed by atoms with Crippen LogP contribution in [0.3, 0.4) is 0 Å². The molecule has 2 heterocycles. The van der Waals surface area contributed by atoms with Gasteiger partial charge in [0.1, 0.15) is 11.6 Å². The van der Waals surface area contributed by atoms with Crippen molar-refractivity contribution in [3.05, 3.63) is 71.3 Å². The Kier molecular flexibility index (Phi) is 5.84. The third kappa shape index (κ3) is 3.94. The van der Waals surface area contributed by atoms with Gasteiger partial charge in [-0.05, 0) is 49.7 Å². The SMILES string of the molecule is CC(C)OCCN1C(=O)C(=O)/C(=C(\O)c2ccc(F)cc2)C1c1cccnc1. The van der Waals surface area contributed by atoms with Crippen LogP contribution in [0.4, 0.5) is 4.39 Å². The summed E-state index contributed by atoms with van der Waals surface area (Å²) >= 11 is 0. The summed E-state index contributed by atoms with van der Waals surface area (Å²) in [6, 6.07) is 7.71. The lowest BCUT2D eigenvalue weighted by Crippen LogP contribution is -2.33. The Morgan fingerprint density at radius 2 is 1.96 bits per heavy atom. The van der Waals surface area contributed by atoms with Crippen LogP contribution < -0.4 is 0 Å². The Morgan fingerprint density at radius 1 is 1.25 bits per heavy atom. The van der Waals surface area contributed by atoms with Gasteiger partial charge in [0.2, 0.25) is 0 Å². The van der Waals surface area contributed by atoms with Crippen molar-refractivity contribution < 1.29 is 23.8 Å². The van der Waals surface area contributed by atoms with Gasteiger partial charge in [0.05, 0.1) is 24.3 Å². The molecule has 3 rings (SSSR count). The highest BCUT2D eigenvalue weighted by Crippen LogP contribution is 2.38. The van der Waals surface area contributed by atoms with E-state index in [1.807, 2.05) is 13.8 Å². The molecule has 1 N–H and O–H groups in total. The van der Waals surface area contributed by atoms with Gasteiger partial charge < -0.3 is 14.7 Å². The van der Waals surface area contributed by atoms with E-state index in [2.05, 4.69) is 4.98 Å². The molecule has 6 nitrogen and oxygen atoms in total. The first-order chi connectivity index (χ1) is 13.4. The third-order valence-electron chi connectivity index (χ3n) is 4.44. The minimum Gasteiger partial charge on any atom is -0.507 e. The van der Waals surface area contributed by atoms with Crippen LogP contribution in [0.5, 0.6) is 0 Å². The zero-order chi connectivity index (χ0) is 20.3. The van der Waals surface area contributed by atoms with Crippen LogP contribution in [0.25, 0.3) is 5.76 Å². The molecule has 0 radical (unpaired) electrons. The van der Waals surface area contributed by atoms with E-state index in [0.717, 1.165) is 0 Å². The number of halogens is 1. The van der Waals surface area contributed by atoms with Crippen molar-refractivity contribution in [2.75, 3.05) is 13.2 Å². The molecule has 2 aromatic rings. The van der Waals surface area contributed by atoms with Crippen LogP contribution in [0.1, 0.15) is 31.0 Å². The topological polar surface area (TPSA) is 79.7 Å². The molecule has 0 saturated carbocycles. The minimum absolute atomic E-state index is 0.0205. The predicted octanol–water partition coefficient (Wildman–Crippen LogP) is 3.07. The van der Waals surface area contributed by atoms with Crippen LogP contribution in [0.15, 0.2) is 54.4 Å². The van der Waals surface area contributed by atoms with Crippen molar-refractivity contribution >= 4 is 17.4 Å². The molecule has 0 spiro atoms. The van der Waals surface area contributed by atoms with Crippen LogP contribution in [0.2, 0.25) is 0 Å². The number of aliphatic hydroxyl groups is 1. The van der Waals surface area contributed by atoms with Gasteiger partial charge >= 0.3 is 0 Å². The van der Waals surface area contributed by atoms with Crippen molar-refractivity contribution in [2.24, 2.45) is 0 Å². The average molecular weight is 384 g/mol. The summed E-state index contributed by atoms with van der Waals surface area (Å²) < 4.78 is 18.7. The fourth-order valence-corrected chi connectivity index (χ4v) is 3.14. The standard InChI is InChI=1S/C21H21FN2O4/c1-13(2)28-11-10-24-18(15-4-3-9-23-12-15)17(20(26)21(24)27)19(25)14-5-7-16(22)8-6-14/h3-9,12-13,18,25H,10-11H2,1-2H3/b19-17-. The van der Waals surface area contributed by atoms with Crippen molar-refractivity contribution in [1.82, 2.24) is 9.88 Å². The van der Waals surface area contributed by atoms with E-state index < -0.39 is 23.5 Å². The zero-order valence-corrected chi connectivity index (χ0v) is 15.6. The molecule has 0 bridgehead atoms. The van der Waals surface area contributed by atoms with E-state index in [0.29, 0.717) is 5.56 Å². The fourth-order valence-electron chi connectivity index (χ4n) is 3.14. The number of carbonyl (C=O) groups is 2. The number of carbonyl (C=O) groups excluding carboxylic acids is 2. The maximum atomic E-state index is 13.2. The number of ketones is 1. The van der Waals surface area contributed by atoms with Gasteiger partial charge in [0.25, 0.3) is 11.7 Å². The molecule has 1 saturated heterocycles. The summed E-state index contributed by atoms with van der Waals surface area (Å²) in [5.41, 5.74) is 0.802. The monoisotopic (exact) mass is 384 g/mol. The highest BCUT2D eigenvalue weighted by molar-refractivity contribution is 6.46. The van der Waals surface area contributed by atoms with Crippen molar-refractivity contribution in [1.29, 1.82) is 0 Å². The number of aromatic nitrogens is 1. The molecule has 1 aliphatic rings. The molecule has 1 amide bonds. The second kappa shape index (κ2) is 8.31. The average Bonchev–Trinajstić information content (AvgIpc) is 2.93. The summed E-state index contributed by atoms with van der Waals surface area (Å²) in [4.78, 5) is 30.8. The number of pyridine rings is 1. The lowest BCUT2D eigenvalue weighted by Gasteiger charge is -2.25. The van der Waals surface area contributed by atoms with E-state index in [9.17, 15) is 19.1 Å². The number of aliphatic hydroxyl groups excluding tert-OH is 1. The molecular weight excluding hydrogens is 363 g/mol. The lowest BCUT2D eigenvalue weighted by molar-refractivity contribution is -0.140. The molecule has 28 heavy (non-hydrogen) atoms. The summed E-state index contributed by atoms with van der Waals surface area (Å²) in [6.45, 7) is 4.18. The molecule has 1 atom stereocenters. The van der Waals surface area contributed by atoms with Crippen molar-refractivity contribution in [3.8, 4) is 0 Å². The van der Waals surface area contributed by atoms with Crippen LogP contribution in [-0.2, 0) is 14.3 Å². The Hall–Kier alpha value is -3.06. The number of Topliss-reactive ketones (excluding diaryl/α,β-unsaturated/α-hetero) is 1. The van der Waals surface area contributed by atoms with E-state index in [-0.39, 0.29) is 36.2 Å². The van der Waals surface area contributed by atoms with Crippen molar-refractivity contribution in [2.45, 2.75) is 26.0 Å². The quantitative estimate of drug-likeness (QED) is 0.470. The maximum Gasteiger partial charge on any atom is 0.295 e. The highest BCUT2D eigenvalue weighted by Gasteiger charge is 2.46. The second-order valence-electron chi connectivity index (χ2n) is 6.71. The van der Waals surface area contributed by atoms with Crippen LogP contribution in [0, 0.1) is 5.82 Å². The predicted molar refractivity (Wildman–Crippen MR) is 101 cm³/mol. The number of likely N-dealkylation sites (tertiary alicyclic amines) is 1. The van der Waals surface area contributed by atoms with Gasteiger partial charge in [-0.15, -0.1) is 0 Å². The number of ether oxygens (including phenoxy) is 1. The van der Waals surface area contributed by atoms with Gasteiger partial charge in [-0.2, -0.15) is 0 Å². The molecule has 1 aliphatic heterocycles. The van der Waals surface area contributed by atoms with Gasteiger partial charge in [0, 0.05) is 24.5 Å². The Balaban J connectivity index is 2.06. The Bertz CT molecular complexity index is 894. The Morgan fingerprint density at radius 3 is 2.57 bits per heavy atom. The third-order valence-corrected chi connectivity index (χ3v) is 4.44. The molecule has 1 aromatic carbocycles. The molecule has 1 aromatic heterocycles. The summed E-state index contributed by atoms with van der Waals surface area (Å²) in [6.07, 6.45) is 3.11. The van der Waals surface area contributed by atoms with Gasteiger partial charge in [0.15, 0.2) is 0 Å².